The fourth-order valence-electron chi connectivity index (χ4n) is 0.687. The normalized spacial score (nSPS) is 8.60. The number of benzene rings is 1. The van der Waals surface area contributed by atoms with Gasteiger partial charge in [-0.25, -0.2) is 15.1 Å². The molecular formula is C9H11NO5. The molecule has 0 bridgehead atoms. The second-order valence-electron chi connectivity index (χ2n) is 2.43. The first-order chi connectivity index (χ1) is 7.07. The van der Waals surface area contributed by atoms with E-state index in [9.17, 15) is 0 Å². The molecule has 1 rings (SSSR count). The summed E-state index contributed by atoms with van der Waals surface area (Å²) in [6.07, 6.45) is 0. The number of nitrogens with one attached hydrogen (secondary N) is 1. The van der Waals surface area contributed by atoms with E-state index in [0.29, 0.717) is 6.54 Å². The van der Waals surface area contributed by atoms with Crippen molar-refractivity contribution in [1.82, 2.24) is 5.48 Å². The lowest BCUT2D eigenvalue weighted by Crippen LogP contribution is -2.09. The van der Waals surface area contributed by atoms with Gasteiger partial charge in [0.25, 0.3) is 0 Å². The fraction of sp³-hybridized carbons (Fsp3) is 0.111. The van der Waals surface area contributed by atoms with Crippen molar-refractivity contribution in [2.24, 2.45) is 0 Å². The molecule has 0 fully saturated rings. The monoisotopic (exact) mass is 213 g/mol. The number of carbonyl (C=O) groups is 2. The minimum absolute atomic E-state index is 0.515. The molecule has 0 saturated carbocycles. The molecule has 0 atom stereocenters. The maximum absolute atomic E-state index is 9.10. The highest BCUT2D eigenvalue weighted by molar-refractivity contribution is 6.27. The number of rotatable bonds is 2. The maximum atomic E-state index is 9.10. The summed E-state index contributed by atoms with van der Waals surface area (Å²) < 4.78 is 0. The molecule has 82 valence electrons. The molecule has 0 radical (unpaired) electrons. The zero-order valence-electron chi connectivity index (χ0n) is 7.75. The molecule has 0 aromatic heterocycles. The minimum Gasteiger partial charge on any atom is -0.473 e. The van der Waals surface area contributed by atoms with E-state index < -0.39 is 11.9 Å². The van der Waals surface area contributed by atoms with E-state index >= 15 is 0 Å². The van der Waals surface area contributed by atoms with Crippen LogP contribution in [0.2, 0.25) is 0 Å². The lowest BCUT2D eigenvalue weighted by atomic mass is 10.2. The van der Waals surface area contributed by atoms with Crippen LogP contribution in [-0.2, 0) is 16.1 Å². The Bertz CT molecular complexity index is 300. The number of aliphatic carboxylic acids is 2. The van der Waals surface area contributed by atoms with Crippen LogP contribution in [0.15, 0.2) is 30.3 Å². The van der Waals surface area contributed by atoms with Gasteiger partial charge < -0.3 is 15.4 Å². The van der Waals surface area contributed by atoms with Crippen molar-refractivity contribution in [3.05, 3.63) is 35.9 Å². The Hall–Kier alpha value is -1.92. The topological polar surface area (TPSA) is 107 Å². The van der Waals surface area contributed by atoms with Gasteiger partial charge in [0, 0.05) is 6.54 Å². The quantitative estimate of drug-likeness (QED) is 0.416. The number of hydrogen-bond acceptors (Lipinski definition) is 4. The highest BCUT2D eigenvalue weighted by Crippen LogP contribution is 1.95. The third kappa shape index (κ3) is 7.17. The van der Waals surface area contributed by atoms with Crippen LogP contribution in [0.5, 0.6) is 0 Å². The lowest BCUT2D eigenvalue weighted by Gasteiger charge is -1.94. The lowest BCUT2D eigenvalue weighted by molar-refractivity contribution is -0.159. The molecule has 15 heavy (non-hydrogen) atoms. The molecule has 0 spiro atoms. The Morgan fingerprint density at radius 3 is 1.87 bits per heavy atom. The summed E-state index contributed by atoms with van der Waals surface area (Å²) in [6, 6.07) is 9.71. The largest absolute Gasteiger partial charge is 0.473 e. The third-order valence-corrected chi connectivity index (χ3v) is 1.31. The van der Waals surface area contributed by atoms with Gasteiger partial charge in [-0.05, 0) is 5.56 Å². The van der Waals surface area contributed by atoms with Gasteiger partial charge in [0.1, 0.15) is 0 Å². The van der Waals surface area contributed by atoms with Gasteiger partial charge in [0.2, 0.25) is 0 Å². The van der Waals surface area contributed by atoms with Crippen LogP contribution in [0.4, 0.5) is 0 Å². The van der Waals surface area contributed by atoms with Crippen LogP contribution >= 0.6 is 0 Å². The third-order valence-electron chi connectivity index (χ3n) is 1.31. The summed E-state index contributed by atoms with van der Waals surface area (Å²) in [5.74, 6) is -3.65. The van der Waals surface area contributed by atoms with Crippen LogP contribution in [0.3, 0.4) is 0 Å². The van der Waals surface area contributed by atoms with Gasteiger partial charge in [-0.1, -0.05) is 30.3 Å². The number of hydrogen-bond donors (Lipinski definition) is 4. The number of hydroxylamine groups is 1. The molecule has 0 aliphatic rings. The molecule has 0 aliphatic heterocycles. The molecule has 1 aromatic rings. The predicted octanol–water partition coefficient (Wildman–Crippen LogP) is 0.321. The van der Waals surface area contributed by atoms with Gasteiger partial charge in [0.15, 0.2) is 0 Å². The first kappa shape index (κ1) is 13.1. The zero-order valence-corrected chi connectivity index (χ0v) is 7.75. The Kier molecular flexibility index (Phi) is 6.52. The van der Waals surface area contributed by atoms with Crippen molar-refractivity contribution >= 4 is 11.9 Å². The van der Waals surface area contributed by atoms with Crippen molar-refractivity contribution in [3.63, 3.8) is 0 Å². The van der Waals surface area contributed by atoms with Crippen LogP contribution in [-0.4, -0.2) is 27.4 Å². The van der Waals surface area contributed by atoms with Gasteiger partial charge in [-0.3, -0.25) is 0 Å². The SMILES string of the molecule is O=C(O)C(=O)O.ONCc1ccccc1. The summed E-state index contributed by atoms with van der Waals surface area (Å²) in [7, 11) is 0. The van der Waals surface area contributed by atoms with E-state index in [1.807, 2.05) is 30.3 Å². The Morgan fingerprint density at radius 2 is 1.53 bits per heavy atom. The van der Waals surface area contributed by atoms with E-state index in [4.69, 9.17) is 25.0 Å². The molecule has 6 nitrogen and oxygen atoms in total. The van der Waals surface area contributed by atoms with Crippen LogP contribution < -0.4 is 5.48 Å². The zero-order chi connectivity index (χ0) is 11.7. The number of carboxylic acid groups (broad SMARTS) is 2. The number of carboxylic acids is 2. The van der Waals surface area contributed by atoms with Crippen molar-refractivity contribution in [2.45, 2.75) is 6.54 Å². The van der Waals surface area contributed by atoms with Crippen LogP contribution in [0.25, 0.3) is 0 Å². The summed E-state index contributed by atoms with van der Waals surface area (Å²) >= 11 is 0. The van der Waals surface area contributed by atoms with E-state index in [1.165, 1.54) is 0 Å². The average molecular weight is 213 g/mol. The summed E-state index contributed by atoms with van der Waals surface area (Å²) in [4.78, 5) is 18.2. The Morgan fingerprint density at radius 1 is 1.07 bits per heavy atom. The molecular weight excluding hydrogens is 202 g/mol. The van der Waals surface area contributed by atoms with Gasteiger partial charge in [-0.2, -0.15) is 0 Å². The molecule has 0 amide bonds. The minimum atomic E-state index is -1.82. The molecule has 0 heterocycles. The van der Waals surface area contributed by atoms with E-state index in [1.54, 1.807) is 0 Å². The van der Waals surface area contributed by atoms with E-state index in [0.717, 1.165) is 5.56 Å². The fourth-order valence-corrected chi connectivity index (χ4v) is 0.687. The van der Waals surface area contributed by atoms with Crippen LogP contribution in [0, 0.1) is 0 Å². The standard InChI is InChI=1S/C7H9NO.C2H2O4/c9-8-6-7-4-2-1-3-5-7;3-1(4)2(5)6/h1-5,8-9H,6H2;(H,3,4)(H,5,6). The van der Waals surface area contributed by atoms with Crippen molar-refractivity contribution < 1.29 is 25.0 Å². The highest BCUT2D eigenvalue weighted by atomic mass is 16.5. The Labute approximate surface area is 85.7 Å². The maximum Gasteiger partial charge on any atom is 0.414 e. The molecule has 1 aromatic carbocycles. The predicted molar refractivity (Wildman–Crippen MR) is 50.3 cm³/mol. The molecule has 0 aliphatic carbocycles. The van der Waals surface area contributed by atoms with Crippen molar-refractivity contribution in [3.8, 4) is 0 Å². The van der Waals surface area contributed by atoms with Crippen molar-refractivity contribution in [1.29, 1.82) is 0 Å². The summed E-state index contributed by atoms with van der Waals surface area (Å²) in [5, 5.41) is 23.1. The van der Waals surface area contributed by atoms with Gasteiger partial charge in [-0.15, -0.1) is 0 Å². The van der Waals surface area contributed by atoms with Crippen molar-refractivity contribution in [2.75, 3.05) is 0 Å². The molecule has 0 unspecified atom stereocenters. The second kappa shape index (κ2) is 7.48. The van der Waals surface area contributed by atoms with E-state index in [2.05, 4.69) is 5.48 Å². The Balaban J connectivity index is 0.000000288. The van der Waals surface area contributed by atoms with Gasteiger partial charge >= 0.3 is 11.9 Å². The smallest absolute Gasteiger partial charge is 0.414 e. The molecule has 4 N–H and O–H groups in total. The summed E-state index contributed by atoms with van der Waals surface area (Å²) in [6.45, 7) is 0.515. The highest BCUT2D eigenvalue weighted by Gasteiger charge is 2.04. The van der Waals surface area contributed by atoms with Gasteiger partial charge in [0.05, 0.1) is 0 Å². The average Bonchev–Trinajstić information content (AvgIpc) is 2.20. The van der Waals surface area contributed by atoms with Crippen LogP contribution in [0.1, 0.15) is 5.56 Å². The second-order valence-corrected chi connectivity index (χ2v) is 2.43. The summed E-state index contributed by atoms with van der Waals surface area (Å²) in [5.41, 5.74) is 3.17. The first-order valence-corrected chi connectivity index (χ1v) is 3.95. The van der Waals surface area contributed by atoms with E-state index in [-0.39, 0.29) is 0 Å². The molecule has 0 saturated heterocycles. The molecule has 6 heteroatoms. The first-order valence-electron chi connectivity index (χ1n) is 3.95.